The SMILES string of the molecule is COCC(O)CCNC1CC(c2ccc(Br)cc2)C1. The molecule has 0 saturated heterocycles. The molecule has 1 saturated carbocycles. The van der Waals surface area contributed by atoms with Crippen LogP contribution >= 0.6 is 15.9 Å². The largest absolute Gasteiger partial charge is 0.391 e. The number of halogens is 1. The Hall–Kier alpha value is -0.420. The maximum atomic E-state index is 9.54. The van der Waals surface area contributed by atoms with E-state index in [1.165, 1.54) is 18.4 Å². The number of methoxy groups -OCH3 is 1. The molecule has 1 atom stereocenters. The molecule has 0 amide bonds. The molecule has 106 valence electrons. The van der Waals surface area contributed by atoms with Gasteiger partial charge in [-0.15, -0.1) is 0 Å². The lowest BCUT2D eigenvalue weighted by Crippen LogP contribution is -2.41. The third-order valence-corrected chi connectivity index (χ3v) is 4.28. The van der Waals surface area contributed by atoms with Gasteiger partial charge in [-0.1, -0.05) is 28.1 Å². The third-order valence-electron chi connectivity index (χ3n) is 3.75. The molecule has 19 heavy (non-hydrogen) atoms. The first kappa shape index (κ1) is 15.0. The van der Waals surface area contributed by atoms with Gasteiger partial charge in [-0.25, -0.2) is 0 Å². The van der Waals surface area contributed by atoms with Gasteiger partial charge < -0.3 is 15.2 Å². The van der Waals surface area contributed by atoms with Gasteiger partial charge in [-0.3, -0.25) is 0 Å². The normalized spacial score (nSPS) is 23.9. The van der Waals surface area contributed by atoms with Gasteiger partial charge in [-0.2, -0.15) is 0 Å². The highest BCUT2D eigenvalue weighted by molar-refractivity contribution is 9.10. The van der Waals surface area contributed by atoms with Crippen LogP contribution in [0.3, 0.4) is 0 Å². The molecule has 0 aromatic heterocycles. The van der Waals surface area contributed by atoms with Crippen molar-refractivity contribution in [2.45, 2.75) is 37.3 Å². The van der Waals surface area contributed by atoms with Crippen LogP contribution in [-0.4, -0.2) is 37.5 Å². The van der Waals surface area contributed by atoms with E-state index >= 15 is 0 Å². The summed E-state index contributed by atoms with van der Waals surface area (Å²) in [5.74, 6) is 0.689. The summed E-state index contributed by atoms with van der Waals surface area (Å²) < 4.78 is 6.04. The second-order valence-corrected chi connectivity index (χ2v) is 6.18. The summed E-state index contributed by atoms with van der Waals surface area (Å²) >= 11 is 3.46. The third kappa shape index (κ3) is 4.56. The van der Waals surface area contributed by atoms with Crippen LogP contribution in [-0.2, 0) is 4.74 Å². The monoisotopic (exact) mass is 327 g/mol. The zero-order valence-corrected chi connectivity index (χ0v) is 12.9. The van der Waals surface area contributed by atoms with Crippen molar-refractivity contribution >= 4 is 15.9 Å². The zero-order chi connectivity index (χ0) is 13.7. The first-order chi connectivity index (χ1) is 9.19. The second-order valence-electron chi connectivity index (χ2n) is 5.27. The first-order valence-corrected chi connectivity index (χ1v) is 7.64. The van der Waals surface area contributed by atoms with Crippen LogP contribution in [0.1, 0.15) is 30.7 Å². The van der Waals surface area contributed by atoms with Crippen molar-refractivity contribution in [3.05, 3.63) is 34.3 Å². The number of rotatable bonds is 7. The Morgan fingerprint density at radius 3 is 2.68 bits per heavy atom. The molecule has 1 unspecified atom stereocenters. The standard InChI is InChI=1S/C15H22BrNO2/c1-19-10-15(18)6-7-17-14-8-12(9-14)11-2-4-13(16)5-3-11/h2-5,12,14-15,17-18H,6-10H2,1H3. The fraction of sp³-hybridized carbons (Fsp3) is 0.600. The molecule has 1 aliphatic carbocycles. The van der Waals surface area contributed by atoms with E-state index in [0.717, 1.165) is 17.4 Å². The van der Waals surface area contributed by atoms with Gasteiger partial charge in [0.2, 0.25) is 0 Å². The quantitative estimate of drug-likeness (QED) is 0.809. The lowest BCUT2D eigenvalue weighted by molar-refractivity contribution is 0.0582. The number of aliphatic hydroxyl groups is 1. The van der Waals surface area contributed by atoms with Crippen molar-refractivity contribution in [2.24, 2.45) is 0 Å². The summed E-state index contributed by atoms with van der Waals surface area (Å²) in [7, 11) is 1.62. The van der Waals surface area contributed by atoms with E-state index in [4.69, 9.17) is 4.74 Å². The van der Waals surface area contributed by atoms with Crippen LogP contribution in [0.15, 0.2) is 28.7 Å². The van der Waals surface area contributed by atoms with Crippen LogP contribution in [0, 0.1) is 0 Å². The Balaban J connectivity index is 1.62. The van der Waals surface area contributed by atoms with Gasteiger partial charge >= 0.3 is 0 Å². The van der Waals surface area contributed by atoms with Crippen molar-refractivity contribution in [1.82, 2.24) is 5.32 Å². The summed E-state index contributed by atoms with van der Waals surface area (Å²) in [5.41, 5.74) is 1.43. The van der Waals surface area contributed by atoms with Gasteiger partial charge in [0.15, 0.2) is 0 Å². The summed E-state index contributed by atoms with van der Waals surface area (Å²) in [4.78, 5) is 0. The predicted molar refractivity (Wildman–Crippen MR) is 80.4 cm³/mol. The van der Waals surface area contributed by atoms with Crippen LogP contribution < -0.4 is 5.32 Å². The van der Waals surface area contributed by atoms with Gasteiger partial charge in [0.25, 0.3) is 0 Å². The minimum Gasteiger partial charge on any atom is -0.391 e. The van der Waals surface area contributed by atoms with E-state index in [1.807, 2.05) is 0 Å². The Morgan fingerprint density at radius 2 is 2.05 bits per heavy atom. The molecule has 1 fully saturated rings. The minimum atomic E-state index is -0.347. The van der Waals surface area contributed by atoms with Crippen LogP contribution in [0.2, 0.25) is 0 Å². The second kappa shape index (κ2) is 7.39. The molecule has 0 heterocycles. The van der Waals surface area contributed by atoms with E-state index in [-0.39, 0.29) is 6.10 Å². The van der Waals surface area contributed by atoms with E-state index in [2.05, 4.69) is 45.5 Å². The molecule has 3 nitrogen and oxygen atoms in total. The fourth-order valence-electron chi connectivity index (χ4n) is 2.52. The molecule has 2 N–H and O–H groups in total. The number of benzene rings is 1. The summed E-state index contributed by atoms with van der Waals surface area (Å²) in [6.45, 7) is 1.29. The lowest BCUT2D eigenvalue weighted by atomic mass is 9.76. The van der Waals surface area contributed by atoms with Crippen molar-refractivity contribution in [1.29, 1.82) is 0 Å². The van der Waals surface area contributed by atoms with Crippen molar-refractivity contribution in [2.75, 3.05) is 20.3 Å². The summed E-state index contributed by atoms with van der Waals surface area (Å²) in [6, 6.07) is 9.22. The van der Waals surface area contributed by atoms with E-state index in [0.29, 0.717) is 18.6 Å². The smallest absolute Gasteiger partial charge is 0.0785 e. The number of hydrogen-bond donors (Lipinski definition) is 2. The first-order valence-electron chi connectivity index (χ1n) is 6.85. The van der Waals surface area contributed by atoms with Gasteiger partial charge in [0.1, 0.15) is 0 Å². The maximum Gasteiger partial charge on any atom is 0.0785 e. The molecule has 0 radical (unpaired) electrons. The summed E-state index contributed by atoms with van der Waals surface area (Å²) in [6.07, 6.45) is 2.80. The van der Waals surface area contributed by atoms with Crippen LogP contribution in [0.4, 0.5) is 0 Å². The molecular formula is C15H22BrNO2. The Kier molecular flexibility index (Phi) is 5.82. The van der Waals surface area contributed by atoms with Gasteiger partial charge in [0, 0.05) is 17.6 Å². The molecule has 0 spiro atoms. The zero-order valence-electron chi connectivity index (χ0n) is 11.3. The lowest BCUT2D eigenvalue weighted by Gasteiger charge is -2.36. The number of nitrogens with one attached hydrogen (secondary N) is 1. The highest BCUT2D eigenvalue weighted by Gasteiger charge is 2.29. The number of ether oxygens (including phenoxy) is 1. The fourth-order valence-corrected chi connectivity index (χ4v) is 2.79. The molecule has 1 aromatic carbocycles. The van der Waals surface area contributed by atoms with Crippen molar-refractivity contribution in [3.8, 4) is 0 Å². The predicted octanol–water partition coefficient (Wildman–Crippen LogP) is 2.68. The number of aliphatic hydroxyl groups excluding tert-OH is 1. The average Bonchev–Trinajstić information content (AvgIpc) is 2.34. The van der Waals surface area contributed by atoms with Gasteiger partial charge in [0.05, 0.1) is 12.7 Å². The highest BCUT2D eigenvalue weighted by Crippen LogP contribution is 2.37. The minimum absolute atomic E-state index is 0.347. The Labute approximate surface area is 123 Å². The molecule has 2 rings (SSSR count). The van der Waals surface area contributed by atoms with Crippen molar-refractivity contribution < 1.29 is 9.84 Å². The van der Waals surface area contributed by atoms with Crippen LogP contribution in [0.25, 0.3) is 0 Å². The molecule has 0 bridgehead atoms. The molecule has 0 aliphatic heterocycles. The topological polar surface area (TPSA) is 41.5 Å². The summed E-state index contributed by atoms with van der Waals surface area (Å²) in [5, 5.41) is 13.0. The number of hydrogen-bond acceptors (Lipinski definition) is 3. The van der Waals surface area contributed by atoms with Crippen molar-refractivity contribution in [3.63, 3.8) is 0 Å². The molecular weight excluding hydrogens is 306 g/mol. The van der Waals surface area contributed by atoms with Gasteiger partial charge in [-0.05, 0) is 49.4 Å². The highest BCUT2D eigenvalue weighted by atomic mass is 79.9. The van der Waals surface area contributed by atoms with Crippen LogP contribution in [0.5, 0.6) is 0 Å². The Bertz CT molecular complexity index is 376. The van der Waals surface area contributed by atoms with E-state index < -0.39 is 0 Å². The molecule has 4 heteroatoms. The Morgan fingerprint density at radius 1 is 1.37 bits per heavy atom. The van der Waals surface area contributed by atoms with E-state index in [9.17, 15) is 5.11 Å². The molecule has 1 aliphatic rings. The average molecular weight is 328 g/mol. The van der Waals surface area contributed by atoms with E-state index in [1.54, 1.807) is 7.11 Å². The maximum absolute atomic E-state index is 9.54. The molecule has 1 aromatic rings.